The Bertz CT molecular complexity index is 2430. The van der Waals surface area contributed by atoms with Crippen LogP contribution < -0.4 is 9.80 Å². The van der Waals surface area contributed by atoms with E-state index in [1.807, 2.05) is 60.7 Å². The number of rotatable bonds is 6. The standard InChI is InChI=1S/C44H28F2N2O/c45-29-19-23-33(24-20-29)47(31-11-3-1-4-12-31)41-27-39-40-28-42(48(32-13-5-2-6-14-32)34-25-21-30(46)22-26-34)36-16-8-10-18-38(36)44(40)49-43(39)37-17-9-7-15-35(37)41/h1-28H. The molecule has 0 fully saturated rings. The molecule has 49 heavy (non-hydrogen) atoms. The van der Waals surface area contributed by atoms with Crippen LogP contribution in [0.2, 0.25) is 0 Å². The summed E-state index contributed by atoms with van der Waals surface area (Å²) >= 11 is 0. The highest BCUT2D eigenvalue weighted by atomic mass is 19.1. The van der Waals surface area contributed by atoms with Gasteiger partial charge in [-0.2, -0.15) is 0 Å². The van der Waals surface area contributed by atoms with Crippen LogP contribution in [0, 0.1) is 11.6 Å². The molecule has 0 spiro atoms. The number of fused-ring (bicyclic) bond motifs is 7. The molecule has 0 amide bonds. The third kappa shape index (κ3) is 4.86. The second kappa shape index (κ2) is 11.7. The molecule has 0 aliphatic carbocycles. The fourth-order valence-electron chi connectivity index (χ4n) is 6.94. The number of hydrogen-bond acceptors (Lipinski definition) is 3. The van der Waals surface area contributed by atoms with Crippen LogP contribution in [0.5, 0.6) is 0 Å². The molecule has 0 saturated heterocycles. The minimum atomic E-state index is -0.290. The third-order valence-corrected chi connectivity index (χ3v) is 9.12. The summed E-state index contributed by atoms with van der Waals surface area (Å²) in [6, 6.07) is 54.3. The van der Waals surface area contributed by atoms with E-state index in [0.29, 0.717) is 0 Å². The minimum absolute atomic E-state index is 0.290. The molecule has 0 unspecified atom stereocenters. The molecule has 1 heterocycles. The fraction of sp³-hybridized carbons (Fsp3) is 0. The Morgan fingerprint density at radius 2 is 0.653 bits per heavy atom. The molecule has 1 aromatic heterocycles. The smallest absolute Gasteiger partial charge is 0.143 e. The van der Waals surface area contributed by atoms with Crippen molar-refractivity contribution < 1.29 is 13.2 Å². The van der Waals surface area contributed by atoms with Crippen LogP contribution in [-0.2, 0) is 0 Å². The summed E-state index contributed by atoms with van der Waals surface area (Å²) in [5.41, 5.74) is 7.03. The number of furan rings is 1. The molecule has 0 saturated carbocycles. The van der Waals surface area contributed by atoms with E-state index in [1.165, 1.54) is 24.3 Å². The molecule has 0 N–H and O–H groups in total. The molecule has 0 atom stereocenters. The van der Waals surface area contributed by atoms with Crippen molar-refractivity contribution in [1.82, 2.24) is 0 Å². The number of anilines is 6. The average Bonchev–Trinajstić information content (AvgIpc) is 3.53. The summed E-state index contributed by atoms with van der Waals surface area (Å²) in [4.78, 5) is 4.33. The van der Waals surface area contributed by atoms with Gasteiger partial charge in [0.15, 0.2) is 0 Å². The van der Waals surface area contributed by atoms with Crippen molar-refractivity contribution >= 4 is 77.6 Å². The van der Waals surface area contributed by atoms with E-state index in [4.69, 9.17) is 4.42 Å². The van der Waals surface area contributed by atoms with Gasteiger partial charge in [0.2, 0.25) is 0 Å². The zero-order valence-electron chi connectivity index (χ0n) is 26.2. The summed E-state index contributed by atoms with van der Waals surface area (Å²) in [6.07, 6.45) is 0. The Morgan fingerprint density at radius 1 is 0.327 bits per heavy atom. The normalized spacial score (nSPS) is 11.5. The molecule has 0 aliphatic heterocycles. The molecule has 9 aromatic rings. The van der Waals surface area contributed by atoms with Gasteiger partial charge >= 0.3 is 0 Å². The summed E-state index contributed by atoms with van der Waals surface area (Å²) in [7, 11) is 0. The molecular formula is C44H28F2N2O. The lowest BCUT2D eigenvalue weighted by atomic mass is 9.99. The number of benzene rings is 8. The monoisotopic (exact) mass is 638 g/mol. The minimum Gasteiger partial charge on any atom is -0.455 e. The fourth-order valence-corrected chi connectivity index (χ4v) is 6.94. The van der Waals surface area contributed by atoms with E-state index in [2.05, 4.69) is 70.5 Å². The molecule has 3 nitrogen and oxygen atoms in total. The van der Waals surface area contributed by atoms with E-state index < -0.39 is 0 Å². The van der Waals surface area contributed by atoms with Gasteiger partial charge in [0.25, 0.3) is 0 Å². The summed E-state index contributed by atoms with van der Waals surface area (Å²) in [5.74, 6) is -0.581. The summed E-state index contributed by atoms with van der Waals surface area (Å²) in [6.45, 7) is 0. The van der Waals surface area contributed by atoms with E-state index in [1.54, 1.807) is 24.3 Å². The Labute approximate surface area is 281 Å². The highest BCUT2D eigenvalue weighted by Gasteiger charge is 2.24. The van der Waals surface area contributed by atoms with Crippen molar-refractivity contribution in [3.63, 3.8) is 0 Å². The van der Waals surface area contributed by atoms with Gasteiger partial charge in [-0.1, -0.05) is 84.9 Å². The van der Waals surface area contributed by atoms with Crippen molar-refractivity contribution in [2.45, 2.75) is 0 Å². The number of nitrogens with zero attached hydrogens (tertiary/aromatic N) is 2. The topological polar surface area (TPSA) is 19.6 Å². The molecule has 0 radical (unpaired) electrons. The Balaban J connectivity index is 1.39. The Kier molecular flexibility index (Phi) is 6.83. The lowest BCUT2D eigenvalue weighted by Crippen LogP contribution is -2.10. The van der Waals surface area contributed by atoms with Crippen molar-refractivity contribution in [3.05, 3.63) is 181 Å². The van der Waals surface area contributed by atoms with Crippen molar-refractivity contribution in [2.75, 3.05) is 9.80 Å². The van der Waals surface area contributed by atoms with Gasteiger partial charge < -0.3 is 14.2 Å². The first-order valence-corrected chi connectivity index (χ1v) is 16.2. The van der Waals surface area contributed by atoms with Crippen LogP contribution in [0.3, 0.4) is 0 Å². The van der Waals surface area contributed by atoms with Gasteiger partial charge in [0, 0.05) is 55.1 Å². The third-order valence-electron chi connectivity index (χ3n) is 9.12. The van der Waals surface area contributed by atoms with Gasteiger partial charge in [-0.05, 0) is 84.9 Å². The molecule has 9 rings (SSSR count). The zero-order chi connectivity index (χ0) is 32.9. The van der Waals surface area contributed by atoms with Crippen LogP contribution in [-0.4, -0.2) is 0 Å². The molecule has 0 aliphatic rings. The maximum atomic E-state index is 14.2. The maximum Gasteiger partial charge on any atom is 0.143 e. The van der Waals surface area contributed by atoms with E-state index >= 15 is 0 Å². The predicted octanol–water partition coefficient (Wildman–Crippen LogP) is 13.1. The van der Waals surface area contributed by atoms with Crippen molar-refractivity contribution in [1.29, 1.82) is 0 Å². The summed E-state index contributed by atoms with van der Waals surface area (Å²) in [5, 5.41) is 5.85. The number of halogens is 2. The highest BCUT2D eigenvalue weighted by molar-refractivity contribution is 6.25. The average molecular weight is 639 g/mol. The van der Waals surface area contributed by atoms with Crippen molar-refractivity contribution in [2.24, 2.45) is 0 Å². The van der Waals surface area contributed by atoms with Gasteiger partial charge in [-0.25, -0.2) is 8.78 Å². The Hall–Kier alpha value is -6.46. The quantitative estimate of drug-likeness (QED) is 0.181. The highest BCUT2D eigenvalue weighted by Crippen LogP contribution is 2.48. The largest absolute Gasteiger partial charge is 0.455 e. The van der Waals surface area contributed by atoms with Crippen LogP contribution in [0.1, 0.15) is 0 Å². The maximum absolute atomic E-state index is 14.2. The van der Waals surface area contributed by atoms with E-state index in [0.717, 1.165) is 77.6 Å². The second-order valence-corrected chi connectivity index (χ2v) is 12.0. The van der Waals surface area contributed by atoms with Gasteiger partial charge in [0.1, 0.15) is 22.8 Å². The molecular weight excluding hydrogens is 610 g/mol. The van der Waals surface area contributed by atoms with E-state index in [9.17, 15) is 8.78 Å². The molecule has 0 bridgehead atoms. The molecule has 8 aromatic carbocycles. The van der Waals surface area contributed by atoms with Crippen LogP contribution in [0.25, 0.3) is 43.5 Å². The Morgan fingerprint density at radius 3 is 1.04 bits per heavy atom. The van der Waals surface area contributed by atoms with Crippen molar-refractivity contribution in [3.8, 4) is 0 Å². The predicted molar refractivity (Wildman–Crippen MR) is 198 cm³/mol. The van der Waals surface area contributed by atoms with Gasteiger partial charge in [-0.3, -0.25) is 0 Å². The van der Waals surface area contributed by atoms with Gasteiger partial charge in [-0.15, -0.1) is 0 Å². The molecule has 234 valence electrons. The lowest BCUT2D eigenvalue weighted by molar-refractivity contribution is 0.627. The first-order chi connectivity index (χ1) is 24.1. The lowest BCUT2D eigenvalue weighted by Gasteiger charge is -2.27. The number of hydrogen-bond donors (Lipinski definition) is 0. The number of para-hydroxylation sites is 2. The SMILES string of the molecule is Fc1ccc(N(c2ccccc2)c2cc3c4cc(N(c5ccccc5)c5ccc(F)cc5)c5ccccc5c4oc3c3ccccc23)cc1. The van der Waals surface area contributed by atoms with Gasteiger partial charge in [0.05, 0.1) is 11.4 Å². The van der Waals surface area contributed by atoms with Crippen LogP contribution >= 0.6 is 0 Å². The molecule has 5 heteroatoms. The second-order valence-electron chi connectivity index (χ2n) is 12.0. The van der Waals surface area contributed by atoms with E-state index in [-0.39, 0.29) is 11.6 Å². The van der Waals surface area contributed by atoms with Crippen LogP contribution in [0.15, 0.2) is 174 Å². The zero-order valence-corrected chi connectivity index (χ0v) is 26.2. The first-order valence-electron chi connectivity index (χ1n) is 16.2. The summed E-state index contributed by atoms with van der Waals surface area (Å²) < 4.78 is 35.2. The van der Waals surface area contributed by atoms with Crippen LogP contribution in [0.4, 0.5) is 42.9 Å². The first kappa shape index (κ1) is 28.7.